The number of nitrogens with one attached hydrogen (secondary N) is 1. The van der Waals surface area contributed by atoms with Crippen LogP contribution in [-0.4, -0.2) is 11.9 Å². The van der Waals surface area contributed by atoms with Gasteiger partial charge in [0.15, 0.2) is 0 Å². The van der Waals surface area contributed by atoms with Crippen molar-refractivity contribution in [2.45, 2.75) is 39.3 Å². The summed E-state index contributed by atoms with van der Waals surface area (Å²) in [6.45, 7) is 4.84. The Hall–Kier alpha value is -0.600. The molecule has 0 aliphatic heterocycles. The second-order valence-electron chi connectivity index (χ2n) is 4.18. The monoisotopic (exact) mass is 243 g/mol. The van der Waals surface area contributed by atoms with E-state index in [0.29, 0.717) is 18.5 Å². The maximum Gasteiger partial charge on any atom is 0.123 e. The number of halogens is 2. The SMILES string of the molecule is Cc1ccc(F)cc1CNC(C)CCCCl. The van der Waals surface area contributed by atoms with Gasteiger partial charge in [-0.05, 0) is 49.9 Å². The van der Waals surface area contributed by atoms with Gasteiger partial charge in [-0.3, -0.25) is 0 Å². The van der Waals surface area contributed by atoms with Gasteiger partial charge in [-0.25, -0.2) is 4.39 Å². The summed E-state index contributed by atoms with van der Waals surface area (Å²) >= 11 is 5.63. The Morgan fingerprint density at radius 1 is 1.44 bits per heavy atom. The van der Waals surface area contributed by atoms with E-state index in [-0.39, 0.29) is 5.82 Å². The fraction of sp³-hybridized carbons (Fsp3) is 0.538. The van der Waals surface area contributed by atoms with Gasteiger partial charge in [0.1, 0.15) is 5.82 Å². The van der Waals surface area contributed by atoms with Crippen LogP contribution in [0.5, 0.6) is 0 Å². The predicted molar refractivity (Wildman–Crippen MR) is 67.4 cm³/mol. The van der Waals surface area contributed by atoms with E-state index in [1.807, 2.05) is 13.0 Å². The number of alkyl halides is 1. The fourth-order valence-electron chi connectivity index (χ4n) is 1.60. The predicted octanol–water partition coefficient (Wildman–Crippen LogP) is 3.63. The van der Waals surface area contributed by atoms with Crippen molar-refractivity contribution in [1.82, 2.24) is 5.32 Å². The van der Waals surface area contributed by atoms with Crippen LogP contribution in [0.25, 0.3) is 0 Å². The van der Waals surface area contributed by atoms with Gasteiger partial charge in [0, 0.05) is 18.5 Å². The van der Waals surface area contributed by atoms with Crippen LogP contribution in [0, 0.1) is 12.7 Å². The quantitative estimate of drug-likeness (QED) is 0.753. The number of hydrogen-bond acceptors (Lipinski definition) is 1. The fourth-order valence-corrected chi connectivity index (χ4v) is 1.75. The van der Waals surface area contributed by atoms with E-state index in [2.05, 4.69) is 12.2 Å². The van der Waals surface area contributed by atoms with Crippen LogP contribution in [0.2, 0.25) is 0 Å². The Balaban J connectivity index is 2.44. The van der Waals surface area contributed by atoms with Crippen molar-refractivity contribution in [2.24, 2.45) is 0 Å². The van der Waals surface area contributed by atoms with Gasteiger partial charge in [-0.2, -0.15) is 0 Å². The summed E-state index contributed by atoms with van der Waals surface area (Å²) in [5.74, 6) is 0.529. The molecule has 0 spiro atoms. The Bertz CT molecular complexity index is 328. The molecule has 0 saturated heterocycles. The van der Waals surface area contributed by atoms with Gasteiger partial charge < -0.3 is 5.32 Å². The zero-order chi connectivity index (χ0) is 12.0. The summed E-state index contributed by atoms with van der Waals surface area (Å²) < 4.78 is 13.0. The van der Waals surface area contributed by atoms with Crippen molar-refractivity contribution in [3.05, 3.63) is 35.1 Å². The van der Waals surface area contributed by atoms with Gasteiger partial charge in [-0.1, -0.05) is 6.07 Å². The lowest BCUT2D eigenvalue weighted by atomic mass is 10.1. The summed E-state index contributed by atoms with van der Waals surface area (Å²) in [5, 5.41) is 3.38. The Labute approximate surface area is 102 Å². The van der Waals surface area contributed by atoms with E-state index in [1.54, 1.807) is 6.07 Å². The highest BCUT2D eigenvalue weighted by atomic mass is 35.5. The summed E-state index contributed by atoms with van der Waals surface area (Å²) in [4.78, 5) is 0. The minimum absolute atomic E-state index is 0.171. The average Bonchev–Trinajstić information content (AvgIpc) is 2.27. The molecule has 1 rings (SSSR count). The van der Waals surface area contributed by atoms with Crippen LogP contribution < -0.4 is 5.32 Å². The molecule has 0 heterocycles. The number of benzene rings is 1. The van der Waals surface area contributed by atoms with Crippen molar-refractivity contribution in [3.8, 4) is 0 Å². The Morgan fingerprint density at radius 2 is 2.19 bits per heavy atom. The third-order valence-electron chi connectivity index (χ3n) is 2.72. The smallest absolute Gasteiger partial charge is 0.123 e. The maximum absolute atomic E-state index is 13.0. The van der Waals surface area contributed by atoms with E-state index in [9.17, 15) is 4.39 Å². The Morgan fingerprint density at radius 3 is 2.88 bits per heavy atom. The lowest BCUT2D eigenvalue weighted by Crippen LogP contribution is -2.25. The van der Waals surface area contributed by atoms with E-state index in [4.69, 9.17) is 11.6 Å². The van der Waals surface area contributed by atoms with Crippen LogP contribution in [0.4, 0.5) is 4.39 Å². The molecule has 16 heavy (non-hydrogen) atoms. The van der Waals surface area contributed by atoms with Gasteiger partial charge in [0.05, 0.1) is 0 Å². The second-order valence-corrected chi connectivity index (χ2v) is 4.56. The van der Waals surface area contributed by atoms with Crippen LogP contribution >= 0.6 is 11.6 Å². The molecule has 0 aromatic heterocycles. The first-order valence-corrected chi connectivity index (χ1v) is 6.21. The molecular formula is C13H19ClFN. The highest BCUT2D eigenvalue weighted by Gasteiger charge is 2.04. The molecule has 0 radical (unpaired) electrons. The zero-order valence-corrected chi connectivity index (χ0v) is 10.6. The molecule has 1 aromatic rings. The molecule has 0 bridgehead atoms. The van der Waals surface area contributed by atoms with E-state index in [0.717, 1.165) is 24.0 Å². The van der Waals surface area contributed by atoms with Crippen LogP contribution in [0.15, 0.2) is 18.2 Å². The first-order chi connectivity index (χ1) is 7.63. The van der Waals surface area contributed by atoms with E-state index < -0.39 is 0 Å². The molecule has 90 valence electrons. The third kappa shape index (κ3) is 4.50. The van der Waals surface area contributed by atoms with E-state index in [1.165, 1.54) is 6.07 Å². The second kappa shape index (κ2) is 6.87. The molecular weight excluding hydrogens is 225 g/mol. The zero-order valence-electron chi connectivity index (χ0n) is 9.89. The molecule has 1 N–H and O–H groups in total. The Kier molecular flexibility index (Phi) is 5.78. The maximum atomic E-state index is 13.0. The molecule has 1 aromatic carbocycles. The molecule has 0 fully saturated rings. The molecule has 0 aliphatic carbocycles. The lowest BCUT2D eigenvalue weighted by molar-refractivity contribution is 0.507. The van der Waals surface area contributed by atoms with Crippen LogP contribution in [0.1, 0.15) is 30.9 Å². The minimum atomic E-state index is -0.171. The molecule has 3 heteroatoms. The topological polar surface area (TPSA) is 12.0 Å². The van der Waals surface area contributed by atoms with Crippen molar-refractivity contribution < 1.29 is 4.39 Å². The standard InChI is InChI=1S/C13H19ClFN/c1-10-5-6-13(15)8-12(10)9-16-11(2)4-3-7-14/h5-6,8,11,16H,3-4,7,9H2,1-2H3. The molecule has 1 unspecified atom stereocenters. The normalized spacial score (nSPS) is 12.8. The van der Waals surface area contributed by atoms with Crippen molar-refractivity contribution in [1.29, 1.82) is 0 Å². The average molecular weight is 244 g/mol. The molecule has 0 aliphatic rings. The summed E-state index contributed by atoms with van der Waals surface area (Å²) in [6.07, 6.45) is 2.07. The molecule has 0 saturated carbocycles. The highest BCUT2D eigenvalue weighted by molar-refractivity contribution is 6.17. The highest BCUT2D eigenvalue weighted by Crippen LogP contribution is 2.10. The molecule has 1 atom stereocenters. The van der Waals surface area contributed by atoms with Crippen LogP contribution in [-0.2, 0) is 6.54 Å². The van der Waals surface area contributed by atoms with Gasteiger partial charge in [0.2, 0.25) is 0 Å². The van der Waals surface area contributed by atoms with Crippen molar-refractivity contribution in [2.75, 3.05) is 5.88 Å². The number of rotatable bonds is 6. The first kappa shape index (κ1) is 13.5. The van der Waals surface area contributed by atoms with Crippen LogP contribution in [0.3, 0.4) is 0 Å². The largest absolute Gasteiger partial charge is 0.310 e. The number of aryl methyl sites for hydroxylation is 1. The van der Waals surface area contributed by atoms with Gasteiger partial charge >= 0.3 is 0 Å². The molecule has 0 amide bonds. The lowest BCUT2D eigenvalue weighted by Gasteiger charge is -2.14. The van der Waals surface area contributed by atoms with Crippen molar-refractivity contribution >= 4 is 11.6 Å². The van der Waals surface area contributed by atoms with E-state index >= 15 is 0 Å². The van der Waals surface area contributed by atoms with Gasteiger partial charge in [0.25, 0.3) is 0 Å². The first-order valence-electron chi connectivity index (χ1n) is 5.68. The van der Waals surface area contributed by atoms with Gasteiger partial charge in [-0.15, -0.1) is 11.6 Å². The minimum Gasteiger partial charge on any atom is -0.310 e. The molecule has 1 nitrogen and oxygen atoms in total. The van der Waals surface area contributed by atoms with Crippen molar-refractivity contribution in [3.63, 3.8) is 0 Å². The number of hydrogen-bond donors (Lipinski definition) is 1. The summed E-state index contributed by atoms with van der Waals surface area (Å²) in [6, 6.07) is 5.32. The summed E-state index contributed by atoms with van der Waals surface area (Å²) in [7, 11) is 0. The third-order valence-corrected chi connectivity index (χ3v) is 2.99. The summed E-state index contributed by atoms with van der Waals surface area (Å²) in [5.41, 5.74) is 2.15.